The normalized spacial score (nSPS) is 11.6. The van der Waals surface area contributed by atoms with Crippen LogP contribution in [0.15, 0.2) is 6.07 Å². The molecular weight excluding hydrogens is 276 g/mol. The van der Waals surface area contributed by atoms with E-state index in [2.05, 4.69) is 4.72 Å². The van der Waals surface area contributed by atoms with Crippen molar-refractivity contribution in [3.8, 4) is 0 Å². The summed E-state index contributed by atoms with van der Waals surface area (Å²) in [6.07, 6.45) is 0. The fraction of sp³-hybridized carbons (Fsp3) is 0.500. The van der Waals surface area contributed by atoms with Gasteiger partial charge in [0.05, 0.1) is 6.61 Å². The number of carbonyl (C=O) groups excluding carboxylic acids is 1. The van der Waals surface area contributed by atoms with Gasteiger partial charge in [-0.25, -0.2) is 4.79 Å². The molecule has 0 aliphatic rings. The number of carbonyl (C=O) groups is 1. The lowest BCUT2D eigenvalue weighted by atomic mass is 10.3. The quantitative estimate of drug-likeness (QED) is 0.833. The predicted molar refractivity (Wildman–Crippen MR) is 71.2 cm³/mol. The Balaban J connectivity index is 2.95. The maximum atomic E-state index is 11.6. The molecule has 1 heterocycles. The van der Waals surface area contributed by atoms with E-state index in [9.17, 15) is 13.2 Å². The monoisotopic (exact) mass is 292 g/mol. The van der Waals surface area contributed by atoms with Gasteiger partial charge in [0.15, 0.2) is 0 Å². The zero-order valence-corrected chi connectivity index (χ0v) is 12.3. The molecule has 0 fully saturated rings. The van der Waals surface area contributed by atoms with E-state index < -0.39 is 16.2 Å². The van der Waals surface area contributed by atoms with Gasteiger partial charge in [-0.3, -0.25) is 4.72 Å². The van der Waals surface area contributed by atoms with Gasteiger partial charge in [0.1, 0.15) is 9.88 Å². The molecule has 6 nitrogen and oxygen atoms in total. The molecule has 18 heavy (non-hydrogen) atoms. The smallest absolute Gasteiger partial charge is 0.348 e. The van der Waals surface area contributed by atoms with Gasteiger partial charge in [0.2, 0.25) is 0 Å². The highest BCUT2D eigenvalue weighted by Crippen LogP contribution is 2.28. The van der Waals surface area contributed by atoms with Crippen molar-refractivity contribution in [1.82, 2.24) is 4.31 Å². The number of ether oxygens (including phenoxy) is 1. The van der Waals surface area contributed by atoms with Crippen LogP contribution < -0.4 is 4.72 Å². The van der Waals surface area contributed by atoms with Crippen LogP contribution in [0.2, 0.25) is 0 Å². The lowest BCUT2D eigenvalue weighted by Gasteiger charge is -2.11. The van der Waals surface area contributed by atoms with Gasteiger partial charge in [0, 0.05) is 14.1 Å². The van der Waals surface area contributed by atoms with Crippen molar-refractivity contribution in [3.63, 3.8) is 0 Å². The van der Waals surface area contributed by atoms with Crippen molar-refractivity contribution in [3.05, 3.63) is 16.5 Å². The molecule has 0 aliphatic heterocycles. The van der Waals surface area contributed by atoms with Crippen LogP contribution in [0.25, 0.3) is 0 Å². The summed E-state index contributed by atoms with van der Waals surface area (Å²) >= 11 is 1.06. The first-order valence-corrected chi connectivity index (χ1v) is 7.51. The van der Waals surface area contributed by atoms with Crippen molar-refractivity contribution >= 4 is 32.5 Å². The van der Waals surface area contributed by atoms with E-state index in [-0.39, 0.29) is 6.61 Å². The van der Waals surface area contributed by atoms with Crippen LogP contribution in [0, 0.1) is 6.92 Å². The summed E-state index contributed by atoms with van der Waals surface area (Å²) in [5.41, 5.74) is 0.690. The fourth-order valence-electron chi connectivity index (χ4n) is 1.15. The molecule has 8 heteroatoms. The van der Waals surface area contributed by atoms with Gasteiger partial charge in [-0.2, -0.15) is 12.7 Å². The maximum Gasteiger partial charge on any atom is 0.348 e. The Kier molecular flexibility index (Phi) is 4.71. The number of aryl methyl sites for hydroxylation is 1. The molecule has 0 unspecified atom stereocenters. The van der Waals surface area contributed by atoms with Crippen LogP contribution >= 0.6 is 11.3 Å². The first-order chi connectivity index (χ1) is 8.27. The Hall–Kier alpha value is -1.12. The van der Waals surface area contributed by atoms with Crippen molar-refractivity contribution in [1.29, 1.82) is 0 Å². The SMILES string of the molecule is CCOC(=O)c1sc(NS(=O)(=O)N(C)C)cc1C. The lowest BCUT2D eigenvalue weighted by molar-refractivity contribution is 0.0531. The van der Waals surface area contributed by atoms with Crippen molar-refractivity contribution in [2.24, 2.45) is 0 Å². The minimum atomic E-state index is -3.55. The van der Waals surface area contributed by atoms with Crippen LogP contribution in [0.4, 0.5) is 5.00 Å². The molecule has 1 aromatic heterocycles. The van der Waals surface area contributed by atoms with E-state index in [1.165, 1.54) is 14.1 Å². The second-order valence-corrected chi connectivity index (χ2v) is 6.67. The van der Waals surface area contributed by atoms with Gasteiger partial charge in [-0.05, 0) is 25.5 Å². The molecular formula is C10H16N2O4S2. The Labute approximate surface area is 111 Å². The van der Waals surface area contributed by atoms with E-state index in [4.69, 9.17) is 4.74 Å². The third-order valence-electron chi connectivity index (χ3n) is 2.09. The maximum absolute atomic E-state index is 11.6. The highest BCUT2D eigenvalue weighted by Gasteiger charge is 2.19. The first-order valence-electron chi connectivity index (χ1n) is 5.25. The number of nitrogens with one attached hydrogen (secondary N) is 1. The van der Waals surface area contributed by atoms with Gasteiger partial charge in [0.25, 0.3) is 0 Å². The number of rotatable bonds is 5. The fourth-order valence-corrected chi connectivity index (χ4v) is 2.95. The van der Waals surface area contributed by atoms with E-state index in [1.807, 2.05) is 0 Å². The molecule has 0 aliphatic carbocycles. The molecule has 1 aromatic rings. The number of thiophene rings is 1. The first kappa shape index (κ1) is 14.9. The highest BCUT2D eigenvalue weighted by atomic mass is 32.2. The molecule has 0 saturated carbocycles. The molecule has 102 valence electrons. The van der Waals surface area contributed by atoms with Crippen molar-refractivity contribution < 1.29 is 17.9 Å². The minimum absolute atomic E-state index is 0.287. The topological polar surface area (TPSA) is 75.7 Å². The lowest BCUT2D eigenvalue weighted by Crippen LogP contribution is -2.28. The molecule has 0 aromatic carbocycles. The van der Waals surface area contributed by atoms with E-state index in [0.29, 0.717) is 15.4 Å². The molecule has 1 rings (SSSR count). The molecule has 0 atom stereocenters. The minimum Gasteiger partial charge on any atom is -0.462 e. The molecule has 0 radical (unpaired) electrons. The summed E-state index contributed by atoms with van der Waals surface area (Å²) in [5, 5.41) is 0.393. The van der Waals surface area contributed by atoms with E-state index >= 15 is 0 Å². The third-order valence-corrected chi connectivity index (χ3v) is 4.79. The van der Waals surface area contributed by atoms with Crippen LogP contribution in [0.3, 0.4) is 0 Å². The Morgan fingerprint density at radius 1 is 1.50 bits per heavy atom. The Morgan fingerprint density at radius 3 is 2.61 bits per heavy atom. The van der Waals surface area contributed by atoms with E-state index in [1.54, 1.807) is 19.9 Å². The van der Waals surface area contributed by atoms with Gasteiger partial charge >= 0.3 is 16.2 Å². The predicted octanol–water partition coefficient (Wildman–Crippen LogP) is 1.45. The number of hydrogen-bond acceptors (Lipinski definition) is 5. The van der Waals surface area contributed by atoms with Gasteiger partial charge < -0.3 is 4.74 Å². The summed E-state index contributed by atoms with van der Waals surface area (Å²) in [7, 11) is -0.700. The van der Waals surface area contributed by atoms with Gasteiger partial charge in [-0.1, -0.05) is 0 Å². The second kappa shape index (κ2) is 5.68. The number of esters is 1. The molecule has 0 amide bonds. The average Bonchev–Trinajstić information content (AvgIpc) is 2.58. The third kappa shape index (κ3) is 3.44. The van der Waals surface area contributed by atoms with Crippen LogP contribution in [0.5, 0.6) is 0 Å². The summed E-state index contributed by atoms with van der Waals surface area (Å²) in [4.78, 5) is 12.0. The van der Waals surface area contributed by atoms with Crippen LogP contribution in [0.1, 0.15) is 22.2 Å². The number of nitrogens with zero attached hydrogens (tertiary/aromatic N) is 1. The number of anilines is 1. The van der Waals surface area contributed by atoms with Crippen LogP contribution in [-0.2, 0) is 14.9 Å². The largest absolute Gasteiger partial charge is 0.462 e. The summed E-state index contributed by atoms with van der Waals surface area (Å²) in [6.45, 7) is 3.74. The summed E-state index contributed by atoms with van der Waals surface area (Å²) < 4.78 is 31.6. The van der Waals surface area contributed by atoms with E-state index in [0.717, 1.165) is 15.6 Å². The standard InChI is InChI=1S/C10H16N2O4S2/c1-5-16-10(13)9-7(2)6-8(17-9)11-18(14,15)12(3)4/h6,11H,5H2,1-4H3. The van der Waals surface area contributed by atoms with Crippen molar-refractivity contribution in [2.45, 2.75) is 13.8 Å². The molecule has 0 spiro atoms. The second-order valence-electron chi connectivity index (χ2n) is 3.73. The van der Waals surface area contributed by atoms with Gasteiger partial charge in [-0.15, -0.1) is 11.3 Å². The zero-order chi connectivity index (χ0) is 13.9. The Morgan fingerprint density at radius 2 is 2.11 bits per heavy atom. The Bertz CT molecular complexity index is 534. The molecule has 0 saturated heterocycles. The summed E-state index contributed by atoms with van der Waals surface area (Å²) in [6, 6.07) is 1.61. The van der Waals surface area contributed by atoms with Crippen molar-refractivity contribution in [2.75, 3.05) is 25.4 Å². The molecule has 0 bridgehead atoms. The van der Waals surface area contributed by atoms with Crippen LogP contribution in [-0.4, -0.2) is 39.4 Å². The highest BCUT2D eigenvalue weighted by molar-refractivity contribution is 7.90. The average molecular weight is 292 g/mol. The summed E-state index contributed by atoms with van der Waals surface area (Å²) in [5.74, 6) is -0.435. The number of hydrogen-bond donors (Lipinski definition) is 1. The zero-order valence-electron chi connectivity index (χ0n) is 10.7. The molecule has 1 N–H and O–H groups in total.